The van der Waals surface area contributed by atoms with E-state index in [1.54, 1.807) is 6.92 Å². The van der Waals surface area contributed by atoms with Crippen molar-refractivity contribution in [1.29, 1.82) is 0 Å². The van der Waals surface area contributed by atoms with Gasteiger partial charge in [0.2, 0.25) is 0 Å². The van der Waals surface area contributed by atoms with Gasteiger partial charge in [-0.25, -0.2) is 4.79 Å². The number of rotatable bonds is 15. The molecule has 1 unspecified atom stereocenters. The third-order valence-electron chi connectivity index (χ3n) is 3.76. The van der Waals surface area contributed by atoms with E-state index in [1.807, 2.05) is 41.5 Å². The molecule has 0 fully saturated rings. The predicted octanol–water partition coefficient (Wildman–Crippen LogP) is 3.14. The molecule has 0 aromatic heterocycles. The van der Waals surface area contributed by atoms with Gasteiger partial charge in [0, 0.05) is 38.6 Å². The largest absolute Gasteiger partial charge is 0.505 e. The molecule has 0 aromatic rings. The van der Waals surface area contributed by atoms with E-state index in [2.05, 4.69) is 6.58 Å². The molecule has 0 amide bonds. The number of hydrogen-bond acceptors (Lipinski definition) is 7. The van der Waals surface area contributed by atoms with Crippen LogP contribution in [0.4, 0.5) is 0 Å². The molecule has 0 heterocycles. The molecule has 0 aliphatic rings. The summed E-state index contributed by atoms with van der Waals surface area (Å²) in [5, 5.41) is -0.285. The molecular formula is C17H36O7Si2. The average molecular weight is 409 g/mol. The fourth-order valence-corrected chi connectivity index (χ4v) is 10.8. The van der Waals surface area contributed by atoms with Crippen molar-refractivity contribution in [2.75, 3.05) is 39.3 Å². The standard InChI is InChI=1S/C17H36O7Si2/c1-9-20-25(21-10-2,14-19-17(18)15(6)7)16(8)26(22-11-3,23-12-4)24-13-5/h16H,6,9-14H2,1-5,7-8H3. The lowest BCUT2D eigenvalue weighted by atomic mass is 10.4. The Morgan fingerprint density at radius 2 is 1.23 bits per heavy atom. The van der Waals surface area contributed by atoms with Gasteiger partial charge in [-0.05, 0) is 41.5 Å². The monoisotopic (exact) mass is 408 g/mol. The summed E-state index contributed by atoms with van der Waals surface area (Å²) in [6.07, 6.45) is 0.0313. The topological polar surface area (TPSA) is 72.5 Å². The van der Waals surface area contributed by atoms with E-state index in [0.717, 1.165) is 0 Å². The Bertz CT molecular complexity index is 408. The molecule has 0 N–H and O–H groups in total. The van der Waals surface area contributed by atoms with E-state index in [0.29, 0.717) is 38.6 Å². The van der Waals surface area contributed by atoms with E-state index in [4.69, 9.17) is 26.9 Å². The Morgan fingerprint density at radius 3 is 1.54 bits per heavy atom. The molecule has 9 heteroatoms. The fourth-order valence-electron chi connectivity index (χ4n) is 2.65. The first-order valence-electron chi connectivity index (χ1n) is 9.31. The molecule has 0 radical (unpaired) electrons. The number of ether oxygens (including phenoxy) is 1. The summed E-state index contributed by atoms with van der Waals surface area (Å²) in [4.78, 5) is 12.0. The van der Waals surface area contributed by atoms with Gasteiger partial charge in [-0.15, -0.1) is 0 Å². The fraction of sp³-hybridized carbons (Fsp3) is 0.824. The molecule has 0 saturated heterocycles. The van der Waals surface area contributed by atoms with Crippen LogP contribution < -0.4 is 0 Å². The van der Waals surface area contributed by atoms with Crippen LogP contribution in [-0.4, -0.2) is 62.6 Å². The highest BCUT2D eigenvalue weighted by Gasteiger charge is 2.61. The molecular weight excluding hydrogens is 372 g/mol. The van der Waals surface area contributed by atoms with Crippen LogP contribution in [0.15, 0.2) is 12.2 Å². The molecule has 7 nitrogen and oxygen atoms in total. The summed E-state index contributed by atoms with van der Waals surface area (Å²) in [6, 6.07) is 0. The second kappa shape index (κ2) is 12.8. The summed E-state index contributed by atoms with van der Waals surface area (Å²) in [5.74, 6) is -0.468. The van der Waals surface area contributed by atoms with Crippen molar-refractivity contribution in [1.82, 2.24) is 0 Å². The van der Waals surface area contributed by atoms with Crippen LogP contribution in [-0.2, 0) is 31.7 Å². The lowest BCUT2D eigenvalue weighted by molar-refractivity contribution is -0.138. The van der Waals surface area contributed by atoms with Crippen LogP contribution in [0.3, 0.4) is 0 Å². The van der Waals surface area contributed by atoms with Crippen molar-refractivity contribution in [2.24, 2.45) is 0 Å². The Morgan fingerprint density at radius 1 is 0.846 bits per heavy atom. The third-order valence-corrected chi connectivity index (χ3v) is 12.7. The van der Waals surface area contributed by atoms with Gasteiger partial charge in [0.15, 0.2) is 0 Å². The van der Waals surface area contributed by atoms with E-state index in [-0.39, 0.29) is 11.4 Å². The number of carbonyl (C=O) groups excluding carboxylic acids is 1. The van der Waals surface area contributed by atoms with Crippen LogP contribution in [0.25, 0.3) is 0 Å². The molecule has 0 bridgehead atoms. The van der Waals surface area contributed by atoms with Gasteiger partial charge in [0.05, 0.1) is 5.16 Å². The second-order valence-corrected chi connectivity index (χ2v) is 12.5. The zero-order chi connectivity index (χ0) is 20.2. The van der Waals surface area contributed by atoms with E-state index in [9.17, 15) is 4.79 Å². The second-order valence-electron chi connectivity index (χ2n) is 5.66. The number of carbonyl (C=O) groups is 1. The van der Waals surface area contributed by atoms with Gasteiger partial charge in [-0.1, -0.05) is 13.5 Å². The van der Waals surface area contributed by atoms with Crippen LogP contribution in [0.5, 0.6) is 0 Å². The van der Waals surface area contributed by atoms with E-state index < -0.39 is 23.3 Å². The molecule has 0 spiro atoms. The Labute approximate surface area is 160 Å². The smallest absolute Gasteiger partial charge is 0.460 e. The third kappa shape index (κ3) is 6.88. The molecule has 0 rings (SSSR count). The highest BCUT2D eigenvalue weighted by molar-refractivity contribution is 6.85. The van der Waals surface area contributed by atoms with Crippen LogP contribution in [0.2, 0.25) is 5.16 Å². The van der Waals surface area contributed by atoms with Gasteiger partial charge in [0.1, 0.15) is 6.23 Å². The number of hydrogen-bond donors (Lipinski definition) is 0. The first kappa shape index (κ1) is 25.4. The molecule has 0 aliphatic carbocycles. The first-order valence-corrected chi connectivity index (χ1v) is 13.2. The highest BCUT2D eigenvalue weighted by Crippen LogP contribution is 2.36. The zero-order valence-corrected chi connectivity index (χ0v) is 19.4. The van der Waals surface area contributed by atoms with Crippen LogP contribution in [0, 0.1) is 0 Å². The minimum Gasteiger partial charge on any atom is -0.460 e. The van der Waals surface area contributed by atoms with Crippen LogP contribution >= 0.6 is 0 Å². The summed E-state index contributed by atoms with van der Waals surface area (Å²) in [7, 11) is -6.16. The lowest BCUT2D eigenvalue weighted by Crippen LogP contribution is -2.64. The SMILES string of the molecule is C=C(C)C(=O)OC[Si](OCC)(OCC)C(C)[Si](OCC)(OCC)OCC. The summed E-state index contributed by atoms with van der Waals surface area (Å²) in [5.41, 5.74) is 0.330. The summed E-state index contributed by atoms with van der Waals surface area (Å²) >= 11 is 0. The molecule has 26 heavy (non-hydrogen) atoms. The van der Waals surface area contributed by atoms with Gasteiger partial charge < -0.3 is 26.9 Å². The van der Waals surface area contributed by atoms with Crippen molar-refractivity contribution in [3.63, 3.8) is 0 Å². The van der Waals surface area contributed by atoms with Crippen molar-refractivity contribution in [3.8, 4) is 0 Å². The quantitative estimate of drug-likeness (QED) is 0.234. The number of esters is 1. The predicted molar refractivity (Wildman–Crippen MR) is 105 cm³/mol. The van der Waals surface area contributed by atoms with Gasteiger partial charge in [-0.2, -0.15) is 0 Å². The van der Waals surface area contributed by atoms with Gasteiger partial charge >= 0.3 is 23.3 Å². The maximum absolute atomic E-state index is 12.0. The van der Waals surface area contributed by atoms with E-state index >= 15 is 0 Å². The zero-order valence-electron chi connectivity index (χ0n) is 17.4. The summed E-state index contributed by atoms with van der Waals surface area (Å²) in [6.45, 7) is 18.9. The highest BCUT2D eigenvalue weighted by atomic mass is 28.4. The maximum Gasteiger partial charge on any atom is 0.505 e. The first-order chi connectivity index (χ1) is 12.3. The van der Waals surface area contributed by atoms with Gasteiger partial charge in [-0.3, -0.25) is 0 Å². The molecule has 0 aliphatic heterocycles. The van der Waals surface area contributed by atoms with Crippen molar-refractivity contribution in [3.05, 3.63) is 12.2 Å². The normalized spacial score (nSPS) is 13.5. The van der Waals surface area contributed by atoms with Crippen molar-refractivity contribution < 1.29 is 31.7 Å². The molecule has 154 valence electrons. The average Bonchev–Trinajstić information content (AvgIpc) is 2.59. The van der Waals surface area contributed by atoms with Crippen molar-refractivity contribution >= 4 is 23.3 Å². The minimum absolute atomic E-state index is 0.0313. The Kier molecular flexibility index (Phi) is 12.5. The van der Waals surface area contributed by atoms with Crippen molar-refractivity contribution in [2.45, 2.75) is 53.6 Å². The molecule has 1 atom stereocenters. The molecule has 0 aromatic carbocycles. The Hall–Kier alpha value is -0.556. The van der Waals surface area contributed by atoms with Gasteiger partial charge in [0.25, 0.3) is 0 Å². The maximum atomic E-state index is 12.0. The lowest BCUT2D eigenvalue weighted by Gasteiger charge is -2.41. The Balaban J connectivity index is 5.89. The molecule has 0 saturated carbocycles. The van der Waals surface area contributed by atoms with Crippen LogP contribution in [0.1, 0.15) is 48.5 Å². The minimum atomic E-state index is -3.11. The van der Waals surface area contributed by atoms with E-state index in [1.165, 1.54) is 0 Å². The summed E-state index contributed by atoms with van der Waals surface area (Å²) < 4.78 is 35.8.